The minimum atomic E-state index is -2.36. The van der Waals surface area contributed by atoms with Crippen molar-refractivity contribution in [2.24, 2.45) is 0 Å². The van der Waals surface area contributed by atoms with Gasteiger partial charge in [0.2, 0.25) is 0 Å². The SMILES string of the molecule is CCOC(=O)C1C[C@H](NC(=O)c2cc(NS(=O)O)c(Cl)cc2NCc2ccco2)CN1. The lowest BCUT2D eigenvalue weighted by Crippen LogP contribution is -2.36. The zero-order valence-corrected chi connectivity index (χ0v) is 18.2. The summed E-state index contributed by atoms with van der Waals surface area (Å²) in [6.07, 6.45) is 1.92. The number of anilines is 2. The van der Waals surface area contributed by atoms with E-state index in [0.29, 0.717) is 31.0 Å². The van der Waals surface area contributed by atoms with Crippen LogP contribution in [0.15, 0.2) is 34.9 Å². The predicted octanol–water partition coefficient (Wildman–Crippen LogP) is 2.12. The molecule has 2 heterocycles. The average molecular weight is 471 g/mol. The molecule has 3 rings (SSSR count). The Bertz CT molecular complexity index is 955. The first kappa shape index (κ1) is 23.1. The Morgan fingerprint density at radius 2 is 2.19 bits per heavy atom. The van der Waals surface area contributed by atoms with Crippen LogP contribution in [0.25, 0.3) is 0 Å². The fourth-order valence-corrected chi connectivity index (χ4v) is 3.83. The predicted molar refractivity (Wildman–Crippen MR) is 116 cm³/mol. The smallest absolute Gasteiger partial charge is 0.323 e. The standard InChI is InChI=1S/C19H23ClN4O6S/c1-2-29-19(26)17-6-11(9-21-17)23-18(25)13-7-16(24-31(27)28)14(20)8-15(13)22-10-12-4-3-5-30-12/h3-5,7-8,11,17,21-22,24H,2,6,9-10H2,1H3,(H,23,25)(H,27,28)/t11-,17?/m0/s1. The molecule has 1 aromatic carbocycles. The zero-order chi connectivity index (χ0) is 22.4. The van der Waals surface area contributed by atoms with Gasteiger partial charge in [-0.2, -0.15) is 0 Å². The summed E-state index contributed by atoms with van der Waals surface area (Å²) in [5.74, 6) is -0.136. The van der Waals surface area contributed by atoms with Crippen molar-refractivity contribution in [1.29, 1.82) is 0 Å². The summed E-state index contributed by atoms with van der Waals surface area (Å²) in [5.41, 5.74) is 0.759. The third-order valence-corrected chi connectivity index (χ3v) is 5.33. The van der Waals surface area contributed by atoms with Crippen LogP contribution in [-0.4, -0.2) is 45.9 Å². The van der Waals surface area contributed by atoms with Gasteiger partial charge < -0.3 is 25.1 Å². The second kappa shape index (κ2) is 10.6. The van der Waals surface area contributed by atoms with E-state index in [0.717, 1.165) is 0 Å². The van der Waals surface area contributed by atoms with Gasteiger partial charge in [0, 0.05) is 18.3 Å². The third kappa shape index (κ3) is 6.20. The zero-order valence-electron chi connectivity index (χ0n) is 16.6. The Morgan fingerprint density at radius 1 is 1.39 bits per heavy atom. The maximum atomic E-state index is 13.0. The van der Waals surface area contributed by atoms with Gasteiger partial charge in [0.05, 0.1) is 35.7 Å². The van der Waals surface area contributed by atoms with E-state index in [4.69, 9.17) is 25.3 Å². The molecular formula is C19H23ClN4O6S. The van der Waals surface area contributed by atoms with Crippen molar-refractivity contribution in [3.63, 3.8) is 0 Å². The summed E-state index contributed by atoms with van der Waals surface area (Å²) >= 11 is 3.84. The number of hydrogen-bond donors (Lipinski definition) is 5. The third-order valence-electron chi connectivity index (χ3n) is 4.62. The molecular weight excluding hydrogens is 448 g/mol. The molecule has 1 amide bonds. The van der Waals surface area contributed by atoms with Crippen molar-refractivity contribution in [2.75, 3.05) is 23.2 Å². The van der Waals surface area contributed by atoms with Gasteiger partial charge in [-0.3, -0.25) is 18.9 Å². The quantitative estimate of drug-likeness (QED) is 0.277. The number of ether oxygens (including phenoxy) is 1. The van der Waals surface area contributed by atoms with E-state index < -0.39 is 23.2 Å². The highest BCUT2D eigenvalue weighted by Gasteiger charge is 2.32. The van der Waals surface area contributed by atoms with E-state index in [1.165, 1.54) is 18.4 Å². The molecule has 0 radical (unpaired) electrons. The first-order valence-electron chi connectivity index (χ1n) is 9.55. The molecule has 168 valence electrons. The molecule has 0 aliphatic carbocycles. The normalized spacial score (nSPS) is 18.9. The van der Waals surface area contributed by atoms with Gasteiger partial charge in [-0.05, 0) is 37.6 Å². The number of carbonyl (C=O) groups excluding carboxylic acids is 2. The van der Waals surface area contributed by atoms with Crippen molar-refractivity contribution in [3.8, 4) is 0 Å². The number of carbonyl (C=O) groups is 2. The van der Waals surface area contributed by atoms with E-state index in [-0.39, 0.29) is 34.9 Å². The molecule has 1 saturated heterocycles. The van der Waals surface area contributed by atoms with Gasteiger partial charge in [0.1, 0.15) is 11.8 Å². The number of benzene rings is 1. The highest BCUT2D eigenvalue weighted by Crippen LogP contribution is 2.30. The maximum Gasteiger partial charge on any atom is 0.323 e. The fourth-order valence-electron chi connectivity index (χ4n) is 3.21. The number of hydrogen-bond acceptors (Lipinski definition) is 7. The number of esters is 1. The monoisotopic (exact) mass is 470 g/mol. The highest BCUT2D eigenvalue weighted by molar-refractivity contribution is 7.80. The average Bonchev–Trinajstić information content (AvgIpc) is 3.40. The fraction of sp³-hybridized carbons (Fsp3) is 0.368. The number of nitrogens with one attached hydrogen (secondary N) is 4. The van der Waals surface area contributed by atoms with Gasteiger partial charge in [-0.1, -0.05) is 11.6 Å². The van der Waals surface area contributed by atoms with E-state index in [9.17, 15) is 13.8 Å². The molecule has 1 fully saturated rings. The van der Waals surface area contributed by atoms with E-state index in [1.54, 1.807) is 19.1 Å². The number of rotatable bonds is 9. The largest absolute Gasteiger partial charge is 0.467 e. The summed E-state index contributed by atoms with van der Waals surface area (Å²) in [7, 11) is 0. The molecule has 2 unspecified atom stereocenters. The molecule has 12 heteroatoms. The van der Waals surface area contributed by atoms with Crippen LogP contribution in [0.2, 0.25) is 5.02 Å². The van der Waals surface area contributed by atoms with Crippen LogP contribution < -0.4 is 20.7 Å². The molecule has 0 bridgehead atoms. The summed E-state index contributed by atoms with van der Waals surface area (Å²) in [6.45, 7) is 2.72. The molecule has 0 spiro atoms. The lowest BCUT2D eigenvalue weighted by molar-refractivity contribution is -0.145. The number of amides is 1. The van der Waals surface area contributed by atoms with Crippen molar-refractivity contribution < 1.29 is 27.5 Å². The Hall–Kier alpha value is -2.60. The summed E-state index contributed by atoms with van der Waals surface area (Å²) < 4.78 is 32.9. The lowest BCUT2D eigenvalue weighted by atomic mass is 10.1. The molecule has 5 N–H and O–H groups in total. The van der Waals surface area contributed by atoms with Crippen LogP contribution in [0.5, 0.6) is 0 Å². The molecule has 10 nitrogen and oxygen atoms in total. The van der Waals surface area contributed by atoms with Crippen LogP contribution in [0, 0.1) is 0 Å². The van der Waals surface area contributed by atoms with Gasteiger partial charge in [-0.15, -0.1) is 0 Å². The first-order valence-corrected chi connectivity index (χ1v) is 11.0. The number of halogens is 1. The Kier molecular flexibility index (Phi) is 7.91. The van der Waals surface area contributed by atoms with Crippen LogP contribution in [0.1, 0.15) is 29.5 Å². The summed E-state index contributed by atoms with van der Waals surface area (Å²) in [6, 6.07) is 5.62. The Balaban J connectivity index is 1.76. The van der Waals surface area contributed by atoms with Crippen LogP contribution in [-0.2, 0) is 27.3 Å². The van der Waals surface area contributed by atoms with Gasteiger partial charge in [0.15, 0.2) is 0 Å². The van der Waals surface area contributed by atoms with E-state index in [1.807, 2.05) is 0 Å². The molecule has 0 saturated carbocycles. The molecule has 2 aromatic rings. The van der Waals surface area contributed by atoms with Crippen molar-refractivity contribution in [1.82, 2.24) is 10.6 Å². The lowest BCUT2D eigenvalue weighted by Gasteiger charge is -2.17. The maximum absolute atomic E-state index is 13.0. The van der Waals surface area contributed by atoms with Gasteiger partial charge in [0.25, 0.3) is 17.2 Å². The summed E-state index contributed by atoms with van der Waals surface area (Å²) in [5, 5.41) is 9.15. The molecule has 3 atom stereocenters. The minimum Gasteiger partial charge on any atom is -0.467 e. The van der Waals surface area contributed by atoms with Gasteiger partial charge in [-0.25, -0.2) is 4.21 Å². The van der Waals surface area contributed by atoms with Crippen LogP contribution in [0.3, 0.4) is 0 Å². The first-order chi connectivity index (χ1) is 14.9. The molecule has 1 aromatic heterocycles. The van der Waals surface area contributed by atoms with Gasteiger partial charge >= 0.3 is 5.97 Å². The molecule has 1 aliphatic rings. The second-order valence-electron chi connectivity index (χ2n) is 6.78. The molecule has 1 aliphatic heterocycles. The summed E-state index contributed by atoms with van der Waals surface area (Å²) in [4.78, 5) is 24.9. The minimum absolute atomic E-state index is 0.130. The van der Waals surface area contributed by atoms with Crippen molar-refractivity contribution in [3.05, 3.63) is 46.9 Å². The highest BCUT2D eigenvalue weighted by atomic mass is 35.5. The second-order valence-corrected chi connectivity index (χ2v) is 7.89. The Labute approximate surface area is 186 Å². The van der Waals surface area contributed by atoms with E-state index >= 15 is 0 Å². The van der Waals surface area contributed by atoms with Crippen molar-refractivity contribution in [2.45, 2.75) is 32.0 Å². The van der Waals surface area contributed by atoms with E-state index in [2.05, 4.69) is 20.7 Å². The topological polar surface area (TPSA) is 142 Å². The Morgan fingerprint density at radius 3 is 2.87 bits per heavy atom. The number of furan rings is 1. The van der Waals surface area contributed by atoms with Crippen molar-refractivity contribution >= 4 is 46.1 Å². The van der Waals surface area contributed by atoms with Crippen LogP contribution >= 0.6 is 11.6 Å². The molecule has 31 heavy (non-hydrogen) atoms. The van der Waals surface area contributed by atoms with Crippen LogP contribution in [0.4, 0.5) is 11.4 Å².